The summed E-state index contributed by atoms with van der Waals surface area (Å²) in [6.07, 6.45) is 9.90. The zero-order valence-electron chi connectivity index (χ0n) is 18.1. The third kappa shape index (κ3) is 5.92. The molecule has 1 aliphatic carbocycles. The molecule has 0 fully saturated rings. The van der Waals surface area contributed by atoms with E-state index in [4.69, 9.17) is 0 Å². The Kier molecular flexibility index (Phi) is 8.21. The van der Waals surface area contributed by atoms with Crippen molar-refractivity contribution in [2.45, 2.75) is 48.8 Å². The molecule has 0 bridgehead atoms. The van der Waals surface area contributed by atoms with Gasteiger partial charge in [0, 0.05) is 23.5 Å². The minimum atomic E-state index is -3.67. The van der Waals surface area contributed by atoms with Gasteiger partial charge >= 0.3 is 0 Å². The van der Waals surface area contributed by atoms with E-state index < -0.39 is 10.0 Å². The first kappa shape index (κ1) is 23.4. The summed E-state index contributed by atoms with van der Waals surface area (Å²) in [6.45, 7) is 2.72. The average molecular weight is 459 g/mol. The van der Waals surface area contributed by atoms with Gasteiger partial charge in [0.05, 0.1) is 10.6 Å². The Bertz CT molecular complexity index is 1010. The second-order valence-corrected chi connectivity index (χ2v) is 10.2. The molecule has 0 aromatic heterocycles. The van der Waals surface area contributed by atoms with E-state index >= 15 is 0 Å². The van der Waals surface area contributed by atoms with Gasteiger partial charge in [0.1, 0.15) is 0 Å². The van der Waals surface area contributed by atoms with Gasteiger partial charge in [0.15, 0.2) is 0 Å². The van der Waals surface area contributed by atoms with Gasteiger partial charge in [0.2, 0.25) is 0 Å². The van der Waals surface area contributed by atoms with Crippen LogP contribution in [0.25, 0.3) is 0 Å². The van der Waals surface area contributed by atoms with Crippen molar-refractivity contribution in [3.05, 3.63) is 65.7 Å². The van der Waals surface area contributed by atoms with E-state index in [1.54, 1.807) is 55.1 Å². The number of nitrogens with one attached hydrogen (secondary N) is 1. The van der Waals surface area contributed by atoms with Crippen LogP contribution in [0.4, 0.5) is 5.69 Å². The Labute approximate surface area is 190 Å². The Morgan fingerprint density at radius 1 is 1.06 bits per heavy atom. The van der Waals surface area contributed by atoms with Crippen LogP contribution < -0.4 is 9.62 Å². The SMILES string of the molecule is CCN(c1ccc(C(=O)NCCC2=CCCCC2)cc1)S(=O)(=O)c1ccc(SC)cc1. The van der Waals surface area contributed by atoms with Crippen molar-refractivity contribution in [1.29, 1.82) is 0 Å². The summed E-state index contributed by atoms with van der Waals surface area (Å²) >= 11 is 1.57. The normalized spacial score (nSPS) is 14.1. The fraction of sp³-hybridized carbons (Fsp3) is 0.375. The van der Waals surface area contributed by atoms with E-state index in [2.05, 4.69) is 11.4 Å². The van der Waals surface area contributed by atoms with Crippen LogP contribution in [0.1, 0.15) is 49.4 Å². The molecule has 2 aromatic carbocycles. The van der Waals surface area contributed by atoms with E-state index in [1.165, 1.54) is 22.7 Å². The number of allylic oxidation sites excluding steroid dienone is 1. The molecule has 0 aliphatic heterocycles. The molecule has 0 spiro atoms. The van der Waals surface area contributed by atoms with Gasteiger partial charge in [-0.3, -0.25) is 9.10 Å². The number of hydrogen-bond acceptors (Lipinski definition) is 4. The van der Waals surface area contributed by atoms with Crippen molar-refractivity contribution >= 4 is 33.4 Å². The maximum atomic E-state index is 13.1. The molecule has 0 unspecified atom stereocenters. The summed E-state index contributed by atoms with van der Waals surface area (Å²) in [5.74, 6) is -0.137. The van der Waals surface area contributed by atoms with Crippen LogP contribution in [0.2, 0.25) is 0 Å². The van der Waals surface area contributed by atoms with Crippen molar-refractivity contribution in [3.8, 4) is 0 Å². The van der Waals surface area contributed by atoms with Gasteiger partial charge in [-0.25, -0.2) is 8.42 Å². The lowest BCUT2D eigenvalue weighted by Gasteiger charge is -2.23. The van der Waals surface area contributed by atoms with Crippen molar-refractivity contribution in [3.63, 3.8) is 0 Å². The van der Waals surface area contributed by atoms with E-state index in [0.717, 1.165) is 24.2 Å². The number of thioether (sulfide) groups is 1. The number of carbonyl (C=O) groups is 1. The van der Waals surface area contributed by atoms with Crippen molar-refractivity contribution < 1.29 is 13.2 Å². The van der Waals surface area contributed by atoms with Gasteiger partial charge in [-0.2, -0.15) is 0 Å². The number of carbonyl (C=O) groups excluding carboxylic acids is 1. The Morgan fingerprint density at radius 2 is 1.77 bits per heavy atom. The van der Waals surface area contributed by atoms with Crippen molar-refractivity contribution in [1.82, 2.24) is 5.32 Å². The predicted octanol–water partition coefficient (Wildman–Crippen LogP) is 5.24. The highest BCUT2D eigenvalue weighted by Gasteiger charge is 2.23. The van der Waals surface area contributed by atoms with E-state index in [1.807, 2.05) is 18.4 Å². The number of nitrogens with zero attached hydrogens (tertiary/aromatic N) is 1. The fourth-order valence-corrected chi connectivity index (χ4v) is 5.60. The Balaban J connectivity index is 1.66. The van der Waals surface area contributed by atoms with Gasteiger partial charge < -0.3 is 5.32 Å². The molecule has 166 valence electrons. The van der Waals surface area contributed by atoms with Crippen LogP contribution in [0, 0.1) is 0 Å². The second kappa shape index (κ2) is 10.9. The van der Waals surface area contributed by atoms with Gasteiger partial charge in [0.25, 0.3) is 15.9 Å². The number of sulfonamides is 1. The van der Waals surface area contributed by atoms with E-state index in [-0.39, 0.29) is 10.8 Å². The summed E-state index contributed by atoms with van der Waals surface area (Å²) in [5.41, 5.74) is 2.50. The first-order valence-corrected chi connectivity index (χ1v) is 13.3. The monoisotopic (exact) mass is 458 g/mol. The van der Waals surface area contributed by atoms with Crippen molar-refractivity contribution in [2.24, 2.45) is 0 Å². The van der Waals surface area contributed by atoms with Crippen LogP contribution in [0.15, 0.2) is 70.0 Å². The molecule has 2 aromatic rings. The van der Waals surface area contributed by atoms with Crippen molar-refractivity contribution in [2.75, 3.05) is 23.7 Å². The maximum Gasteiger partial charge on any atom is 0.264 e. The number of amides is 1. The van der Waals surface area contributed by atoms with Gasteiger partial charge in [-0.1, -0.05) is 11.6 Å². The average Bonchev–Trinajstić information content (AvgIpc) is 2.80. The lowest BCUT2D eigenvalue weighted by molar-refractivity contribution is 0.0954. The fourth-order valence-electron chi connectivity index (χ4n) is 3.72. The molecule has 0 saturated heterocycles. The zero-order valence-corrected chi connectivity index (χ0v) is 19.8. The van der Waals surface area contributed by atoms with Gasteiger partial charge in [-0.15, -0.1) is 11.8 Å². The Hall–Kier alpha value is -2.25. The molecule has 31 heavy (non-hydrogen) atoms. The molecule has 3 rings (SSSR count). The summed E-state index contributed by atoms with van der Waals surface area (Å²) < 4.78 is 27.6. The smallest absolute Gasteiger partial charge is 0.264 e. The third-order valence-corrected chi connectivity index (χ3v) is 8.13. The summed E-state index contributed by atoms with van der Waals surface area (Å²) in [6, 6.07) is 13.6. The molecular formula is C24H30N2O3S2. The molecule has 1 N–H and O–H groups in total. The largest absolute Gasteiger partial charge is 0.352 e. The molecule has 7 heteroatoms. The summed E-state index contributed by atoms with van der Waals surface area (Å²) in [7, 11) is -3.67. The minimum absolute atomic E-state index is 0.137. The summed E-state index contributed by atoms with van der Waals surface area (Å²) in [4.78, 5) is 13.7. The van der Waals surface area contributed by atoms with Crippen LogP contribution in [-0.2, 0) is 10.0 Å². The van der Waals surface area contributed by atoms with Crippen LogP contribution in [-0.4, -0.2) is 33.7 Å². The molecule has 1 amide bonds. The zero-order chi connectivity index (χ0) is 22.3. The van der Waals surface area contributed by atoms with Gasteiger partial charge in [-0.05, 0) is 93.8 Å². The molecule has 5 nitrogen and oxygen atoms in total. The van der Waals surface area contributed by atoms with Crippen LogP contribution in [0.5, 0.6) is 0 Å². The molecule has 0 atom stereocenters. The van der Waals surface area contributed by atoms with Crippen LogP contribution >= 0.6 is 11.8 Å². The Morgan fingerprint density at radius 3 is 2.35 bits per heavy atom. The maximum absolute atomic E-state index is 13.1. The third-order valence-electron chi connectivity index (χ3n) is 5.47. The highest BCUT2D eigenvalue weighted by Crippen LogP contribution is 2.26. The quantitative estimate of drug-likeness (QED) is 0.412. The molecule has 0 radical (unpaired) electrons. The molecule has 0 saturated carbocycles. The molecular weight excluding hydrogens is 428 g/mol. The minimum Gasteiger partial charge on any atom is -0.352 e. The topological polar surface area (TPSA) is 66.5 Å². The highest BCUT2D eigenvalue weighted by atomic mass is 32.2. The lowest BCUT2D eigenvalue weighted by Crippen LogP contribution is -2.31. The van der Waals surface area contributed by atoms with E-state index in [9.17, 15) is 13.2 Å². The number of hydrogen-bond donors (Lipinski definition) is 1. The number of anilines is 1. The number of benzene rings is 2. The summed E-state index contributed by atoms with van der Waals surface area (Å²) in [5, 5.41) is 2.96. The predicted molar refractivity (Wildman–Crippen MR) is 128 cm³/mol. The first-order valence-electron chi connectivity index (χ1n) is 10.7. The number of rotatable bonds is 9. The lowest BCUT2D eigenvalue weighted by atomic mass is 9.97. The second-order valence-electron chi connectivity index (χ2n) is 7.51. The van der Waals surface area contributed by atoms with Crippen LogP contribution in [0.3, 0.4) is 0 Å². The standard InChI is InChI=1S/C24H30N2O3S2/c1-3-26(31(28,29)23-15-13-22(30-2)14-16-23)21-11-9-20(10-12-21)24(27)25-18-17-19-7-5-4-6-8-19/h7,9-16H,3-6,8,17-18H2,1-2H3,(H,25,27). The first-order chi connectivity index (χ1) is 15.0. The highest BCUT2D eigenvalue weighted by molar-refractivity contribution is 7.98. The van der Waals surface area contributed by atoms with E-state index in [0.29, 0.717) is 24.3 Å². The molecule has 0 heterocycles. The molecule has 1 aliphatic rings.